The highest BCUT2D eigenvalue weighted by Crippen LogP contribution is 2.41. The second-order valence-corrected chi connectivity index (χ2v) is 7.39. The maximum Gasteiger partial charge on any atom is 0.412 e. The molecule has 0 unspecified atom stereocenters. The van der Waals surface area contributed by atoms with Crippen LogP contribution >= 0.6 is 0 Å². The molecule has 0 radical (unpaired) electrons. The summed E-state index contributed by atoms with van der Waals surface area (Å²) in [7, 11) is 0. The summed E-state index contributed by atoms with van der Waals surface area (Å²) in [4.78, 5) is 16.1. The third-order valence-electron chi connectivity index (χ3n) is 5.17. The number of unbranched alkanes of at least 4 members (excludes halogenated alkanes) is 3. The maximum absolute atomic E-state index is 12.1. The van der Waals surface area contributed by atoms with Crippen LogP contribution < -0.4 is 5.32 Å². The fourth-order valence-corrected chi connectivity index (χ4v) is 3.51. The molecule has 0 bridgehead atoms. The van der Waals surface area contributed by atoms with Crippen molar-refractivity contribution < 1.29 is 29.6 Å². The quantitative estimate of drug-likeness (QED) is 0.481. The number of aliphatic hydroxyl groups excluding tert-OH is 2. The van der Waals surface area contributed by atoms with E-state index in [1.807, 2.05) is 0 Å². The molecule has 0 aliphatic carbocycles. The fraction of sp³-hybridized carbons (Fsp3) is 0.632. The Morgan fingerprint density at radius 2 is 2.17 bits per heavy atom. The minimum absolute atomic E-state index is 0.252. The number of rotatable bonds is 8. The van der Waals surface area contributed by atoms with Gasteiger partial charge in [0, 0.05) is 0 Å². The Hall–Kier alpha value is -2.27. The first-order valence-electron chi connectivity index (χ1n) is 9.83. The predicted molar refractivity (Wildman–Crippen MR) is 103 cm³/mol. The molecule has 4 N–H and O–H groups in total. The molecule has 3 rings (SSSR count). The standard InChI is InChI=1S/C19H28N4O6/c1-3-4-5-6-9-28-18(26)22-17-13-8-7-12(23(13)21-11-20-17)16-19(2,27)15(25)14(10-24)29-16/h7-8,11,14-16,24-25,27H,3-6,9-10H2,1-2H3,(H,20,21,22,26)/t14-,15-,16+,19-/m1/s1. The van der Waals surface area contributed by atoms with E-state index in [0.29, 0.717) is 17.8 Å². The van der Waals surface area contributed by atoms with E-state index in [1.54, 1.807) is 12.1 Å². The van der Waals surface area contributed by atoms with Crippen LogP contribution in [0.2, 0.25) is 0 Å². The van der Waals surface area contributed by atoms with Crippen LogP contribution in [0.15, 0.2) is 18.5 Å². The van der Waals surface area contributed by atoms with Crippen molar-refractivity contribution in [1.82, 2.24) is 14.6 Å². The zero-order valence-electron chi connectivity index (χ0n) is 16.6. The van der Waals surface area contributed by atoms with Crippen LogP contribution in [0.4, 0.5) is 10.6 Å². The summed E-state index contributed by atoms with van der Waals surface area (Å²) in [6.07, 6.45) is 1.57. The molecule has 10 nitrogen and oxygen atoms in total. The third-order valence-corrected chi connectivity index (χ3v) is 5.17. The Bertz CT molecular complexity index is 839. The monoisotopic (exact) mass is 408 g/mol. The minimum atomic E-state index is -1.63. The molecule has 29 heavy (non-hydrogen) atoms. The van der Waals surface area contributed by atoms with Crippen LogP contribution in [0, 0.1) is 0 Å². The molecule has 10 heteroatoms. The molecule has 2 aromatic rings. The Morgan fingerprint density at radius 1 is 1.38 bits per heavy atom. The maximum atomic E-state index is 12.1. The Morgan fingerprint density at radius 3 is 2.86 bits per heavy atom. The van der Waals surface area contributed by atoms with E-state index < -0.39 is 36.6 Å². The highest BCUT2D eigenvalue weighted by Gasteiger charge is 2.53. The molecule has 0 saturated carbocycles. The summed E-state index contributed by atoms with van der Waals surface area (Å²) in [5.74, 6) is 0.252. The third kappa shape index (κ3) is 4.35. The van der Waals surface area contributed by atoms with Crippen molar-refractivity contribution in [3.63, 3.8) is 0 Å². The lowest BCUT2D eigenvalue weighted by Crippen LogP contribution is -2.43. The number of amides is 1. The van der Waals surface area contributed by atoms with Crippen LogP contribution in [0.1, 0.15) is 51.3 Å². The number of hydrogen-bond donors (Lipinski definition) is 4. The first-order chi connectivity index (χ1) is 13.9. The van der Waals surface area contributed by atoms with Gasteiger partial charge in [-0.25, -0.2) is 14.3 Å². The Labute approximate surface area is 168 Å². The lowest BCUT2D eigenvalue weighted by molar-refractivity contribution is -0.0664. The zero-order chi connectivity index (χ0) is 21.0. The summed E-state index contributed by atoms with van der Waals surface area (Å²) in [6.45, 7) is 3.45. The summed E-state index contributed by atoms with van der Waals surface area (Å²) in [5, 5.41) is 37.1. The van der Waals surface area contributed by atoms with Gasteiger partial charge in [-0.05, 0) is 25.5 Å². The molecule has 1 aliphatic heterocycles. The van der Waals surface area contributed by atoms with E-state index in [0.717, 1.165) is 25.7 Å². The van der Waals surface area contributed by atoms with Gasteiger partial charge in [-0.15, -0.1) is 0 Å². The van der Waals surface area contributed by atoms with E-state index in [-0.39, 0.29) is 5.82 Å². The molecule has 1 amide bonds. The van der Waals surface area contributed by atoms with Gasteiger partial charge in [0.2, 0.25) is 0 Å². The van der Waals surface area contributed by atoms with E-state index in [4.69, 9.17) is 9.47 Å². The molecular formula is C19H28N4O6. The first-order valence-corrected chi connectivity index (χ1v) is 9.83. The molecule has 1 aliphatic rings. The molecule has 4 atom stereocenters. The number of anilines is 1. The van der Waals surface area contributed by atoms with Gasteiger partial charge < -0.3 is 24.8 Å². The van der Waals surface area contributed by atoms with Crippen LogP contribution in [0.5, 0.6) is 0 Å². The largest absolute Gasteiger partial charge is 0.449 e. The van der Waals surface area contributed by atoms with Crippen LogP contribution in [-0.2, 0) is 9.47 Å². The first kappa shape index (κ1) is 21.4. The van der Waals surface area contributed by atoms with Crippen molar-refractivity contribution in [2.45, 2.75) is 63.4 Å². The average Bonchev–Trinajstić information content (AvgIpc) is 3.21. The van der Waals surface area contributed by atoms with Gasteiger partial charge in [-0.3, -0.25) is 5.32 Å². The highest BCUT2D eigenvalue weighted by atomic mass is 16.6. The number of ether oxygens (including phenoxy) is 2. The van der Waals surface area contributed by atoms with E-state index in [9.17, 15) is 20.1 Å². The van der Waals surface area contributed by atoms with Crippen molar-refractivity contribution in [2.75, 3.05) is 18.5 Å². The highest BCUT2D eigenvalue weighted by molar-refractivity contribution is 5.88. The second kappa shape index (κ2) is 9.04. The fourth-order valence-electron chi connectivity index (χ4n) is 3.51. The second-order valence-electron chi connectivity index (χ2n) is 7.39. The van der Waals surface area contributed by atoms with Crippen LogP contribution in [0.3, 0.4) is 0 Å². The van der Waals surface area contributed by atoms with Crippen molar-refractivity contribution >= 4 is 17.4 Å². The predicted octanol–water partition coefficient (Wildman–Crippen LogP) is 1.40. The number of hydrogen-bond acceptors (Lipinski definition) is 8. The van der Waals surface area contributed by atoms with Gasteiger partial charge in [0.05, 0.1) is 18.9 Å². The lowest BCUT2D eigenvalue weighted by atomic mass is 9.91. The van der Waals surface area contributed by atoms with Crippen LogP contribution in [-0.4, -0.2) is 67.0 Å². The molecule has 0 aromatic carbocycles. The molecule has 2 aromatic heterocycles. The smallest absolute Gasteiger partial charge is 0.412 e. The molecular weight excluding hydrogens is 380 g/mol. The van der Waals surface area contributed by atoms with Gasteiger partial charge in [-0.2, -0.15) is 5.10 Å². The van der Waals surface area contributed by atoms with Crippen molar-refractivity contribution in [3.8, 4) is 0 Å². The number of nitrogens with one attached hydrogen (secondary N) is 1. The number of aliphatic hydroxyl groups is 3. The van der Waals surface area contributed by atoms with Gasteiger partial charge in [-0.1, -0.05) is 26.2 Å². The number of carbonyl (C=O) groups is 1. The van der Waals surface area contributed by atoms with Crippen LogP contribution in [0.25, 0.3) is 5.52 Å². The number of carbonyl (C=O) groups excluding carboxylic acids is 1. The number of nitrogens with zero attached hydrogens (tertiary/aromatic N) is 3. The minimum Gasteiger partial charge on any atom is -0.449 e. The molecule has 3 heterocycles. The normalized spacial score (nSPS) is 26.7. The van der Waals surface area contributed by atoms with Crippen molar-refractivity contribution in [2.24, 2.45) is 0 Å². The summed E-state index contributed by atoms with van der Waals surface area (Å²) >= 11 is 0. The molecule has 160 valence electrons. The van der Waals surface area contributed by atoms with Gasteiger partial charge >= 0.3 is 6.09 Å². The Balaban J connectivity index is 1.75. The Kier molecular flexibility index (Phi) is 6.68. The number of fused-ring (bicyclic) bond motifs is 1. The van der Waals surface area contributed by atoms with E-state index in [2.05, 4.69) is 22.3 Å². The molecule has 0 spiro atoms. The van der Waals surface area contributed by atoms with Crippen molar-refractivity contribution in [1.29, 1.82) is 0 Å². The molecule has 1 saturated heterocycles. The van der Waals surface area contributed by atoms with Crippen molar-refractivity contribution in [3.05, 3.63) is 24.2 Å². The van der Waals surface area contributed by atoms with Gasteiger partial charge in [0.25, 0.3) is 0 Å². The topological polar surface area (TPSA) is 138 Å². The average molecular weight is 408 g/mol. The summed E-state index contributed by atoms with van der Waals surface area (Å²) < 4.78 is 12.3. The van der Waals surface area contributed by atoms with Gasteiger partial charge in [0.1, 0.15) is 35.8 Å². The van der Waals surface area contributed by atoms with E-state index >= 15 is 0 Å². The lowest BCUT2D eigenvalue weighted by Gasteiger charge is -2.26. The summed E-state index contributed by atoms with van der Waals surface area (Å²) in [6, 6.07) is 3.33. The SMILES string of the molecule is CCCCCCOC(=O)Nc1ncnn2c([C@@H]3O[C@H](CO)[C@@H](O)[C@@]3(C)O)ccc12. The zero-order valence-corrected chi connectivity index (χ0v) is 16.6. The summed E-state index contributed by atoms with van der Waals surface area (Å²) in [5.41, 5.74) is -0.692. The van der Waals surface area contributed by atoms with E-state index in [1.165, 1.54) is 17.8 Å². The number of aromatic nitrogens is 3. The van der Waals surface area contributed by atoms with Gasteiger partial charge in [0.15, 0.2) is 5.82 Å². The molecule has 1 fully saturated rings.